The Kier molecular flexibility index (Phi) is 16.7. The fourth-order valence-electron chi connectivity index (χ4n) is 1.59. The van der Waals surface area contributed by atoms with E-state index in [1.165, 1.54) is 6.42 Å². The first kappa shape index (κ1) is 19.8. The van der Waals surface area contributed by atoms with Crippen molar-refractivity contribution >= 4 is 0 Å². The molecule has 0 rings (SSSR count). The fourth-order valence-corrected chi connectivity index (χ4v) is 1.59. The summed E-state index contributed by atoms with van der Waals surface area (Å²) in [5.41, 5.74) is 5.44. The van der Waals surface area contributed by atoms with Crippen LogP contribution in [0.3, 0.4) is 0 Å². The third kappa shape index (κ3) is 15.9. The van der Waals surface area contributed by atoms with Crippen molar-refractivity contribution in [3.05, 3.63) is 0 Å². The first-order valence-electron chi connectivity index (χ1n) is 7.86. The molecule has 0 spiro atoms. The lowest BCUT2D eigenvalue weighted by molar-refractivity contribution is -0.0166. The molecule has 20 heavy (non-hydrogen) atoms. The fraction of sp³-hybridized carbons (Fsp3) is 1.00. The van der Waals surface area contributed by atoms with E-state index >= 15 is 0 Å². The van der Waals surface area contributed by atoms with Crippen LogP contribution in [0.15, 0.2) is 0 Å². The molecule has 0 radical (unpaired) electrons. The lowest BCUT2D eigenvalue weighted by atomic mass is 10.2. The monoisotopic (exact) mass is 291 g/mol. The van der Waals surface area contributed by atoms with E-state index in [9.17, 15) is 0 Å². The van der Waals surface area contributed by atoms with Gasteiger partial charge in [0.2, 0.25) is 0 Å². The van der Waals surface area contributed by atoms with Gasteiger partial charge in [-0.3, -0.25) is 0 Å². The van der Waals surface area contributed by atoms with Crippen molar-refractivity contribution in [2.75, 3.05) is 52.8 Å². The highest BCUT2D eigenvalue weighted by Crippen LogP contribution is 1.99. The van der Waals surface area contributed by atoms with Gasteiger partial charge < -0.3 is 24.7 Å². The second-order valence-electron chi connectivity index (χ2n) is 4.80. The molecule has 1 atom stereocenters. The van der Waals surface area contributed by atoms with E-state index in [0.717, 1.165) is 32.4 Å². The van der Waals surface area contributed by atoms with Crippen LogP contribution in [0.2, 0.25) is 0 Å². The van der Waals surface area contributed by atoms with E-state index in [0.29, 0.717) is 39.6 Å². The van der Waals surface area contributed by atoms with Gasteiger partial charge in [0, 0.05) is 6.61 Å². The number of ether oxygens (including phenoxy) is 4. The molecule has 0 heterocycles. The molecule has 0 aliphatic carbocycles. The number of hydrogen-bond donors (Lipinski definition) is 1. The molecule has 0 saturated carbocycles. The first-order valence-corrected chi connectivity index (χ1v) is 7.86. The van der Waals surface area contributed by atoms with Gasteiger partial charge in [0.25, 0.3) is 0 Å². The third-order valence-corrected chi connectivity index (χ3v) is 2.83. The van der Waals surface area contributed by atoms with Crippen molar-refractivity contribution in [3.63, 3.8) is 0 Å². The highest BCUT2D eigenvalue weighted by atomic mass is 16.6. The molecule has 122 valence electrons. The summed E-state index contributed by atoms with van der Waals surface area (Å²) in [6, 6.07) is 0. The van der Waals surface area contributed by atoms with Gasteiger partial charge in [0.05, 0.1) is 45.7 Å². The summed E-state index contributed by atoms with van der Waals surface area (Å²) in [4.78, 5) is 0. The second-order valence-corrected chi connectivity index (χ2v) is 4.80. The van der Waals surface area contributed by atoms with Crippen molar-refractivity contribution in [2.24, 2.45) is 5.73 Å². The smallest absolute Gasteiger partial charge is 0.0704 e. The summed E-state index contributed by atoms with van der Waals surface area (Å²) in [6.45, 7) is 9.54. The first-order chi connectivity index (χ1) is 9.81. The third-order valence-electron chi connectivity index (χ3n) is 2.83. The second kappa shape index (κ2) is 16.9. The zero-order valence-corrected chi connectivity index (χ0v) is 13.3. The molecule has 0 fully saturated rings. The van der Waals surface area contributed by atoms with Gasteiger partial charge in [-0.25, -0.2) is 0 Å². The van der Waals surface area contributed by atoms with Gasteiger partial charge in [-0.15, -0.1) is 0 Å². The van der Waals surface area contributed by atoms with Crippen LogP contribution in [0.1, 0.15) is 39.5 Å². The normalized spacial score (nSPS) is 12.8. The summed E-state index contributed by atoms with van der Waals surface area (Å²) in [5.74, 6) is 0. The van der Waals surface area contributed by atoms with Crippen LogP contribution in [0.25, 0.3) is 0 Å². The van der Waals surface area contributed by atoms with Crippen molar-refractivity contribution in [2.45, 2.75) is 45.6 Å². The van der Waals surface area contributed by atoms with Gasteiger partial charge in [0.15, 0.2) is 0 Å². The van der Waals surface area contributed by atoms with Crippen molar-refractivity contribution in [3.8, 4) is 0 Å². The predicted molar refractivity (Wildman–Crippen MR) is 81.1 cm³/mol. The number of unbranched alkanes of at least 4 members (excludes halogenated alkanes) is 1. The average Bonchev–Trinajstić information content (AvgIpc) is 2.46. The molecule has 0 amide bonds. The van der Waals surface area contributed by atoms with E-state index in [1.807, 2.05) is 0 Å². The molecule has 0 bridgehead atoms. The predicted octanol–water partition coefficient (Wildman–Crippen LogP) is 1.98. The molecule has 0 aromatic carbocycles. The average molecular weight is 291 g/mol. The van der Waals surface area contributed by atoms with Crippen LogP contribution in [-0.4, -0.2) is 58.9 Å². The molecule has 1 unspecified atom stereocenters. The van der Waals surface area contributed by atoms with Crippen LogP contribution in [-0.2, 0) is 18.9 Å². The lowest BCUT2D eigenvalue weighted by Gasteiger charge is -2.12. The Morgan fingerprint density at radius 3 is 1.90 bits per heavy atom. The van der Waals surface area contributed by atoms with E-state index in [-0.39, 0.29) is 6.10 Å². The molecular formula is C15H33NO4. The Morgan fingerprint density at radius 1 is 0.800 bits per heavy atom. The maximum atomic E-state index is 5.59. The molecule has 2 N–H and O–H groups in total. The Morgan fingerprint density at radius 2 is 1.35 bits per heavy atom. The topological polar surface area (TPSA) is 62.9 Å². The molecule has 0 aliphatic rings. The van der Waals surface area contributed by atoms with Crippen LogP contribution >= 0.6 is 0 Å². The molecule has 0 aromatic heterocycles. The SMILES string of the molecule is CCCCOCCOCCOCCOC(C)CCCN. The zero-order valence-electron chi connectivity index (χ0n) is 13.3. The van der Waals surface area contributed by atoms with Gasteiger partial charge in [-0.2, -0.15) is 0 Å². The van der Waals surface area contributed by atoms with E-state index < -0.39 is 0 Å². The Balaban J connectivity index is 3.02. The number of hydrogen-bond acceptors (Lipinski definition) is 5. The summed E-state index contributed by atoms with van der Waals surface area (Å²) < 4.78 is 21.8. The Labute approximate surface area is 124 Å². The van der Waals surface area contributed by atoms with Gasteiger partial charge in [-0.05, 0) is 32.7 Å². The standard InChI is InChI=1S/C15H33NO4/c1-3-4-8-17-9-10-18-11-12-19-13-14-20-15(2)6-5-7-16/h15H,3-14,16H2,1-2H3. The van der Waals surface area contributed by atoms with E-state index in [4.69, 9.17) is 24.7 Å². The minimum absolute atomic E-state index is 0.263. The van der Waals surface area contributed by atoms with Gasteiger partial charge in [-0.1, -0.05) is 13.3 Å². The van der Waals surface area contributed by atoms with Crippen LogP contribution in [0.4, 0.5) is 0 Å². The summed E-state index contributed by atoms with van der Waals surface area (Å²) in [5, 5.41) is 0. The zero-order chi connectivity index (χ0) is 14.9. The number of rotatable bonds is 16. The van der Waals surface area contributed by atoms with Crippen molar-refractivity contribution in [1.82, 2.24) is 0 Å². The molecule has 5 nitrogen and oxygen atoms in total. The molecule has 0 aromatic rings. The minimum atomic E-state index is 0.263. The van der Waals surface area contributed by atoms with Gasteiger partial charge in [0.1, 0.15) is 0 Å². The Bertz CT molecular complexity index is 181. The minimum Gasteiger partial charge on any atom is -0.379 e. The van der Waals surface area contributed by atoms with Crippen molar-refractivity contribution in [1.29, 1.82) is 0 Å². The van der Waals surface area contributed by atoms with Crippen LogP contribution < -0.4 is 5.73 Å². The quantitative estimate of drug-likeness (QED) is 0.441. The van der Waals surface area contributed by atoms with Crippen LogP contribution in [0, 0.1) is 0 Å². The summed E-state index contributed by atoms with van der Waals surface area (Å²) in [7, 11) is 0. The molecule has 0 aliphatic heterocycles. The van der Waals surface area contributed by atoms with E-state index in [2.05, 4.69) is 13.8 Å². The van der Waals surface area contributed by atoms with E-state index in [1.54, 1.807) is 0 Å². The molecule has 5 heteroatoms. The summed E-state index contributed by atoms with van der Waals surface area (Å²) >= 11 is 0. The summed E-state index contributed by atoms with van der Waals surface area (Å²) in [6.07, 6.45) is 4.57. The molecular weight excluding hydrogens is 258 g/mol. The van der Waals surface area contributed by atoms with Crippen LogP contribution in [0.5, 0.6) is 0 Å². The molecule has 0 saturated heterocycles. The highest BCUT2D eigenvalue weighted by Gasteiger charge is 2.00. The largest absolute Gasteiger partial charge is 0.379 e. The Hall–Kier alpha value is -0.200. The maximum absolute atomic E-state index is 5.59. The van der Waals surface area contributed by atoms with Crippen molar-refractivity contribution < 1.29 is 18.9 Å². The van der Waals surface area contributed by atoms with Gasteiger partial charge >= 0.3 is 0 Å². The lowest BCUT2D eigenvalue weighted by Crippen LogP contribution is -2.16. The highest BCUT2D eigenvalue weighted by molar-refractivity contribution is 4.50. The number of nitrogens with two attached hydrogens (primary N) is 1. The maximum Gasteiger partial charge on any atom is 0.0704 e.